The first-order valence-electron chi connectivity index (χ1n) is 9.21. The molecule has 0 saturated carbocycles. The molecule has 0 unspecified atom stereocenters. The summed E-state index contributed by atoms with van der Waals surface area (Å²) in [7, 11) is 0. The van der Waals surface area contributed by atoms with Crippen LogP contribution in [0.5, 0.6) is 5.88 Å². The zero-order chi connectivity index (χ0) is 18.6. The summed E-state index contributed by atoms with van der Waals surface area (Å²) in [4.78, 5) is 17.7. The summed E-state index contributed by atoms with van der Waals surface area (Å²) in [5, 5.41) is 4.14. The van der Waals surface area contributed by atoms with Crippen molar-refractivity contribution in [3.05, 3.63) is 24.1 Å². The normalized spacial score (nSPS) is 16.5. The molecule has 3 heterocycles. The molecule has 142 valence electrons. The second kappa shape index (κ2) is 7.99. The fourth-order valence-electron chi connectivity index (χ4n) is 2.91. The molecule has 0 aliphatic carbocycles. The highest BCUT2D eigenvalue weighted by molar-refractivity contribution is 5.40. The van der Waals surface area contributed by atoms with Crippen LogP contribution in [0, 0.1) is 0 Å². The molecule has 1 aliphatic heterocycles. The molecule has 2 aromatic rings. The van der Waals surface area contributed by atoms with E-state index in [4.69, 9.17) is 9.26 Å². The molecule has 8 heteroatoms. The van der Waals surface area contributed by atoms with Crippen molar-refractivity contribution in [1.82, 2.24) is 25.0 Å². The van der Waals surface area contributed by atoms with Crippen LogP contribution in [-0.2, 0) is 12.0 Å². The molecule has 1 saturated heterocycles. The Kier molecular flexibility index (Phi) is 5.70. The van der Waals surface area contributed by atoms with Crippen molar-refractivity contribution in [2.75, 3.05) is 37.7 Å². The zero-order valence-corrected chi connectivity index (χ0v) is 16.1. The van der Waals surface area contributed by atoms with Gasteiger partial charge in [-0.15, -0.1) is 0 Å². The molecule has 0 amide bonds. The Hall–Kier alpha value is -2.22. The van der Waals surface area contributed by atoms with Gasteiger partial charge in [0.25, 0.3) is 0 Å². The maximum atomic E-state index is 5.48. The number of hydrogen-bond acceptors (Lipinski definition) is 8. The molecule has 0 N–H and O–H groups in total. The average Bonchev–Trinajstić information content (AvgIpc) is 2.95. The van der Waals surface area contributed by atoms with Gasteiger partial charge >= 0.3 is 0 Å². The third-order valence-electron chi connectivity index (χ3n) is 4.31. The van der Waals surface area contributed by atoms with E-state index < -0.39 is 0 Å². The Labute approximate surface area is 154 Å². The van der Waals surface area contributed by atoms with E-state index in [1.165, 1.54) is 0 Å². The SMILES string of the molecule is CCOc1cc(N2CCCN(Cc3noc(C(C)(C)C)n3)CC2)ncn1. The van der Waals surface area contributed by atoms with Crippen LogP contribution >= 0.6 is 0 Å². The van der Waals surface area contributed by atoms with Gasteiger partial charge in [0.1, 0.15) is 12.1 Å². The van der Waals surface area contributed by atoms with Crippen LogP contribution in [0.4, 0.5) is 5.82 Å². The van der Waals surface area contributed by atoms with Crippen molar-refractivity contribution in [3.8, 4) is 5.88 Å². The summed E-state index contributed by atoms with van der Waals surface area (Å²) in [6.07, 6.45) is 2.62. The van der Waals surface area contributed by atoms with Crippen LogP contribution < -0.4 is 9.64 Å². The Bertz CT molecular complexity index is 712. The van der Waals surface area contributed by atoms with E-state index in [9.17, 15) is 0 Å². The van der Waals surface area contributed by atoms with Crippen molar-refractivity contribution in [3.63, 3.8) is 0 Å². The van der Waals surface area contributed by atoms with Crippen LogP contribution in [0.2, 0.25) is 0 Å². The van der Waals surface area contributed by atoms with E-state index >= 15 is 0 Å². The second-order valence-electron chi connectivity index (χ2n) is 7.53. The van der Waals surface area contributed by atoms with E-state index in [1.54, 1.807) is 6.33 Å². The van der Waals surface area contributed by atoms with Crippen LogP contribution in [-0.4, -0.2) is 57.8 Å². The van der Waals surface area contributed by atoms with Gasteiger partial charge in [-0.25, -0.2) is 9.97 Å². The maximum absolute atomic E-state index is 5.48. The van der Waals surface area contributed by atoms with E-state index in [2.05, 4.69) is 50.7 Å². The summed E-state index contributed by atoms with van der Waals surface area (Å²) < 4.78 is 10.9. The third-order valence-corrected chi connectivity index (χ3v) is 4.31. The quantitative estimate of drug-likeness (QED) is 0.803. The maximum Gasteiger partial charge on any atom is 0.232 e. The molecule has 3 rings (SSSR count). The second-order valence-corrected chi connectivity index (χ2v) is 7.53. The number of aromatic nitrogens is 4. The number of hydrogen-bond donors (Lipinski definition) is 0. The standard InChI is InChI=1S/C18H28N6O2/c1-5-25-16-11-15(19-13-20-16)24-8-6-7-23(9-10-24)12-14-21-17(26-22-14)18(2,3)4/h11,13H,5-10,12H2,1-4H3. The lowest BCUT2D eigenvalue weighted by atomic mass is 9.97. The monoisotopic (exact) mass is 360 g/mol. The van der Waals surface area contributed by atoms with E-state index in [-0.39, 0.29) is 5.41 Å². The zero-order valence-electron chi connectivity index (χ0n) is 16.1. The molecular weight excluding hydrogens is 332 g/mol. The predicted molar refractivity (Wildman–Crippen MR) is 98.3 cm³/mol. The van der Waals surface area contributed by atoms with Crippen molar-refractivity contribution >= 4 is 5.82 Å². The molecule has 1 fully saturated rings. The minimum Gasteiger partial charge on any atom is -0.478 e. The van der Waals surface area contributed by atoms with Crippen molar-refractivity contribution in [1.29, 1.82) is 0 Å². The van der Waals surface area contributed by atoms with E-state index in [0.29, 0.717) is 24.9 Å². The van der Waals surface area contributed by atoms with Gasteiger partial charge in [-0.3, -0.25) is 4.90 Å². The summed E-state index contributed by atoms with van der Waals surface area (Å²) in [5.74, 6) is 2.98. The van der Waals surface area contributed by atoms with Crippen molar-refractivity contribution < 1.29 is 9.26 Å². The fraction of sp³-hybridized carbons (Fsp3) is 0.667. The summed E-state index contributed by atoms with van der Waals surface area (Å²) in [6, 6.07) is 1.91. The minimum atomic E-state index is -0.119. The van der Waals surface area contributed by atoms with Gasteiger partial charge in [0, 0.05) is 37.7 Å². The molecule has 0 bridgehead atoms. The third kappa shape index (κ3) is 4.69. The first kappa shape index (κ1) is 18.6. The molecule has 2 aromatic heterocycles. The highest BCUT2D eigenvalue weighted by Crippen LogP contribution is 2.21. The number of nitrogens with zero attached hydrogens (tertiary/aromatic N) is 6. The highest BCUT2D eigenvalue weighted by Gasteiger charge is 2.23. The summed E-state index contributed by atoms with van der Waals surface area (Å²) in [5.41, 5.74) is -0.119. The number of ether oxygens (including phenoxy) is 1. The fourth-order valence-corrected chi connectivity index (χ4v) is 2.91. The topological polar surface area (TPSA) is 80.4 Å². The van der Waals surface area contributed by atoms with Crippen LogP contribution in [0.1, 0.15) is 45.8 Å². The van der Waals surface area contributed by atoms with Gasteiger partial charge in [-0.1, -0.05) is 25.9 Å². The molecular formula is C18H28N6O2. The average molecular weight is 360 g/mol. The number of anilines is 1. The van der Waals surface area contributed by atoms with Gasteiger partial charge in [0.05, 0.1) is 13.2 Å². The highest BCUT2D eigenvalue weighted by atomic mass is 16.5. The van der Waals surface area contributed by atoms with Gasteiger partial charge in [-0.05, 0) is 13.3 Å². The molecule has 26 heavy (non-hydrogen) atoms. The van der Waals surface area contributed by atoms with Gasteiger partial charge in [-0.2, -0.15) is 4.98 Å². The first-order valence-corrected chi connectivity index (χ1v) is 9.21. The van der Waals surface area contributed by atoms with Gasteiger partial charge < -0.3 is 14.2 Å². The molecule has 1 aliphatic rings. The molecule has 8 nitrogen and oxygen atoms in total. The largest absolute Gasteiger partial charge is 0.478 e. The van der Waals surface area contributed by atoms with Crippen LogP contribution in [0.3, 0.4) is 0 Å². The smallest absolute Gasteiger partial charge is 0.232 e. The molecule has 0 aromatic carbocycles. The van der Waals surface area contributed by atoms with E-state index in [0.717, 1.165) is 44.2 Å². The van der Waals surface area contributed by atoms with Crippen molar-refractivity contribution in [2.45, 2.75) is 46.1 Å². The lowest BCUT2D eigenvalue weighted by Crippen LogP contribution is -2.31. The molecule has 0 spiro atoms. The lowest BCUT2D eigenvalue weighted by Gasteiger charge is -2.22. The predicted octanol–water partition coefficient (Wildman–Crippen LogP) is 2.27. The Balaban J connectivity index is 1.60. The molecule has 0 atom stereocenters. The van der Waals surface area contributed by atoms with Crippen molar-refractivity contribution in [2.24, 2.45) is 0 Å². The minimum absolute atomic E-state index is 0.119. The molecule has 0 radical (unpaired) electrons. The Morgan fingerprint density at radius 2 is 2.00 bits per heavy atom. The van der Waals surface area contributed by atoms with Gasteiger partial charge in [0.15, 0.2) is 5.82 Å². The van der Waals surface area contributed by atoms with Crippen LogP contribution in [0.15, 0.2) is 16.9 Å². The number of rotatable bonds is 5. The lowest BCUT2D eigenvalue weighted by molar-refractivity contribution is 0.269. The first-order chi connectivity index (χ1) is 12.5. The van der Waals surface area contributed by atoms with Gasteiger partial charge in [0.2, 0.25) is 11.8 Å². The Morgan fingerprint density at radius 1 is 1.15 bits per heavy atom. The van der Waals surface area contributed by atoms with Crippen LogP contribution in [0.25, 0.3) is 0 Å². The van der Waals surface area contributed by atoms with E-state index in [1.807, 2.05) is 13.0 Å². The Morgan fingerprint density at radius 3 is 2.73 bits per heavy atom. The summed E-state index contributed by atoms with van der Waals surface area (Å²) in [6.45, 7) is 13.3. The summed E-state index contributed by atoms with van der Waals surface area (Å²) >= 11 is 0.